The quantitative estimate of drug-likeness (QED) is 0.629. The van der Waals surface area contributed by atoms with Gasteiger partial charge in [-0.2, -0.15) is 0 Å². The van der Waals surface area contributed by atoms with E-state index in [2.05, 4.69) is 0 Å². The fourth-order valence-corrected chi connectivity index (χ4v) is 2.31. The van der Waals surface area contributed by atoms with Crippen LogP contribution in [-0.4, -0.2) is 17.6 Å². The number of amides is 2. The molecule has 1 heterocycles. The zero-order valence-corrected chi connectivity index (χ0v) is 11.1. The molecule has 0 spiro atoms. The summed E-state index contributed by atoms with van der Waals surface area (Å²) < 4.78 is 13.3. The van der Waals surface area contributed by atoms with E-state index in [1.165, 1.54) is 43.3 Å². The van der Waals surface area contributed by atoms with Crippen LogP contribution in [0.5, 0.6) is 0 Å². The second-order valence-corrected chi connectivity index (χ2v) is 4.74. The first kappa shape index (κ1) is 13.2. The van der Waals surface area contributed by atoms with Crippen molar-refractivity contribution in [3.63, 3.8) is 0 Å². The van der Waals surface area contributed by atoms with Gasteiger partial charge >= 0.3 is 0 Å². The Kier molecular flexibility index (Phi) is 2.90. The minimum atomic E-state index is -0.552. The standard InChI is InChI=1S/C16H10FNO3/c1-9(19)10-5-6-13-14(7-10)16(21)18(15(13)20)12-4-2-3-11(17)8-12/h2-8H,1H3. The van der Waals surface area contributed by atoms with E-state index in [0.29, 0.717) is 5.56 Å². The van der Waals surface area contributed by atoms with Crippen molar-refractivity contribution in [1.29, 1.82) is 0 Å². The molecular formula is C16H10FNO3. The third-order valence-electron chi connectivity index (χ3n) is 3.36. The molecule has 2 aromatic carbocycles. The van der Waals surface area contributed by atoms with E-state index in [-0.39, 0.29) is 22.6 Å². The van der Waals surface area contributed by atoms with Crippen LogP contribution in [0.1, 0.15) is 38.0 Å². The Morgan fingerprint density at radius 3 is 2.38 bits per heavy atom. The summed E-state index contributed by atoms with van der Waals surface area (Å²) in [6.07, 6.45) is 0. The van der Waals surface area contributed by atoms with Crippen molar-refractivity contribution in [2.45, 2.75) is 6.92 Å². The number of imide groups is 1. The molecule has 1 aliphatic rings. The minimum Gasteiger partial charge on any atom is -0.295 e. The highest BCUT2D eigenvalue weighted by Gasteiger charge is 2.37. The minimum absolute atomic E-state index is 0.164. The lowest BCUT2D eigenvalue weighted by Gasteiger charge is -2.13. The monoisotopic (exact) mass is 283 g/mol. The van der Waals surface area contributed by atoms with Gasteiger partial charge in [-0.05, 0) is 37.3 Å². The molecule has 0 aromatic heterocycles. The zero-order valence-electron chi connectivity index (χ0n) is 11.1. The Morgan fingerprint density at radius 2 is 1.71 bits per heavy atom. The van der Waals surface area contributed by atoms with Crippen LogP contribution in [0.15, 0.2) is 42.5 Å². The van der Waals surface area contributed by atoms with Crippen LogP contribution < -0.4 is 4.90 Å². The molecule has 0 atom stereocenters. The maximum Gasteiger partial charge on any atom is 0.266 e. The topological polar surface area (TPSA) is 54.5 Å². The maximum absolute atomic E-state index is 13.3. The van der Waals surface area contributed by atoms with E-state index in [9.17, 15) is 18.8 Å². The fourth-order valence-electron chi connectivity index (χ4n) is 2.31. The zero-order chi connectivity index (χ0) is 15.1. The molecule has 4 nitrogen and oxygen atoms in total. The summed E-state index contributed by atoms with van der Waals surface area (Å²) in [6.45, 7) is 1.38. The van der Waals surface area contributed by atoms with E-state index in [1.807, 2.05) is 0 Å². The molecule has 0 aliphatic carbocycles. The third kappa shape index (κ3) is 2.03. The van der Waals surface area contributed by atoms with Crippen molar-refractivity contribution in [3.05, 3.63) is 65.0 Å². The lowest BCUT2D eigenvalue weighted by molar-refractivity contribution is 0.0925. The molecule has 5 heteroatoms. The van der Waals surface area contributed by atoms with Gasteiger partial charge in [0.15, 0.2) is 5.78 Å². The number of anilines is 1. The first-order valence-electron chi connectivity index (χ1n) is 6.28. The Hall–Kier alpha value is -2.82. The molecule has 2 amide bonds. The SMILES string of the molecule is CC(=O)c1ccc2c(c1)C(=O)N(c1cccc(F)c1)C2=O. The molecule has 0 saturated carbocycles. The van der Waals surface area contributed by atoms with Gasteiger partial charge in [-0.3, -0.25) is 14.4 Å². The van der Waals surface area contributed by atoms with Crippen molar-refractivity contribution >= 4 is 23.3 Å². The van der Waals surface area contributed by atoms with Gasteiger partial charge in [-0.1, -0.05) is 12.1 Å². The molecule has 3 rings (SSSR count). The molecule has 0 unspecified atom stereocenters. The molecule has 0 fully saturated rings. The second-order valence-electron chi connectivity index (χ2n) is 4.74. The van der Waals surface area contributed by atoms with E-state index < -0.39 is 17.6 Å². The summed E-state index contributed by atoms with van der Waals surface area (Å²) in [4.78, 5) is 36.9. The second kappa shape index (κ2) is 4.63. The summed E-state index contributed by atoms with van der Waals surface area (Å²) in [7, 11) is 0. The van der Waals surface area contributed by atoms with E-state index in [0.717, 1.165) is 11.0 Å². The van der Waals surface area contributed by atoms with Crippen LogP contribution >= 0.6 is 0 Å². The average Bonchev–Trinajstić information content (AvgIpc) is 2.70. The molecule has 0 bridgehead atoms. The van der Waals surface area contributed by atoms with Crippen molar-refractivity contribution in [3.8, 4) is 0 Å². The largest absolute Gasteiger partial charge is 0.295 e. The molecular weight excluding hydrogens is 273 g/mol. The van der Waals surface area contributed by atoms with Gasteiger partial charge in [0.25, 0.3) is 11.8 Å². The fraction of sp³-hybridized carbons (Fsp3) is 0.0625. The predicted molar refractivity (Wildman–Crippen MR) is 74.0 cm³/mol. The van der Waals surface area contributed by atoms with Gasteiger partial charge in [-0.15, -0.1) is 0 Å². The molecule has 104 valence electrons. The van der Waals surface area contributed by atoms with Crippen LogP contribution in [0.3, 0.4) is 0 Å². The molecule has 1 aliphatic heterocycles. The molecule has 0 radical (unpaired) electrons. The Balaban J connectivity index is 2.10. The normalized spacial score (nSPS) is 13.5. The molecule has 0 saturated heterocycles. The van der Waals surface area contributed by atoms with Gasteiger partial charge in [0, 0.05) is 5.56 Å². The molecule has 21 heavy (non-hydrogen) atoms. The number of ketones is 1. The highest BCUT2D eigenvalue weighted by molar-refractivity contribution is 6.34. The van der Waals surface area contributed by atoms with Crippen LogP contribution in [0, 0.1) is 5.82 Å². The van der Waals surface area contributed by atoms with Crippen LogP contribution in [0.4, 0.5) is 10.1 Å². The Labute approximate surface area is 119 Å². The molecule has 0 N–H and O–H groups in total. The van der Waals surface area contributed by atoms with E-state index in [1.54, 1.807) is 0 Å². The summed E-state index contributed by atoms with van der Waals surface area (Å²) in [6, 6.07) is 9.61. The number of Topliss-reactive ketones (excluding diaryl/α,β-unsaturated/α-hetero) is 1. The number of rotatable bonds is 2. The summed E-state index contributed by atoms with van der Waals surface area (Å²) in [5.41, 5.74) is 0.910. The highest BCUT2D eigenvalue weighted by atomic mass is 19.1. The lowest BCUT2D eigenvalue weighted by atomic mass is 10.0. The number of carbonyl (C=O) groups excluding carboxylic acids is 3. The van der Waals surface area contributed by atoms with Crippen molar-refractivity contribution < 1.29 is 18.8 Å². The smallest absolute Gasteiger partial charge is 0.266 e. The number of benzene rings is 2. The first-order valence-corrected chi connectivity index (χ1v) is 6.28. The van der Waals surface area contributed by atoms with Gasteiger partial charge < -0.3 is 0 Å². The van der Waals surface area contributed by atoms with Gasteiger partial charge in [0.2, 0.25) is 0 Å². The number of hydrogen-bond donors (Lipinski definition) is 0. The number of halogens is 1. The van der Waals surface area contributed by atoms with Gasteiger partial charge in [0.05, 0.1) is 16.8 Å². The first-order chi connectivity index (χ1) is 9.99. The predicted octanol–water partition coefficient (Wildman–Crippen LogP) is 2.83. The van der Waals surface area contributed by atoms with Crippen LogP contribution in [-0.2, 0) is 0 Å². The van der Waals surface area contributed by atoms with E-state index in [4.69, 9.17) is 0 Å². The number of hydrogen-bond acceptors (Lipinski definition) is 3. The third-order valence-corrected chi connectivity index (χ3v) is 3.36. The van der Waals surface area contributed by atoms with Gasteiger partial charge in [0.1, 0.15) is 5.82 Å². The van der Waals surface area contributed by atoms with E-state index >= 15 is 0 Å². The summed E-state index contributed by atoms with van der Waals surface area (Å²) in [5.74, 6) is -1.80. The highest BCUT2D eigenvalue weighted by Crippen LogP contribution is 2.29. The number of fused-ring (bicyclic) bond motifs is 1. The number of carbonyl (C=O) groups is 3. The average molecular weight is 283 g/mol. The van der Waals surface area contributed by atoms with Crippen LogP contribution in [0.25, 0.3) is 0 Å². The Morgan fingerprint density at radius 1 is 1.00 bits per heavy atom. The van der Waals surface area contributed by atoms with Crippen molar-refractivity contribution in [2.75, 3.05) is 4.90 Å². The lowest BCUT2D eigenvalue weighted by Crippen LogP contribution is -2.29. The summed E-state index contributed by atoms with van der Waals surface area (Å²) >= 11 is 0. The van der Waals surface area contributed by atoms with Crippen LogP contribution in [0.2, 0.25) is 0 Å². The van der Waals surface area contributed by atoms with Crippen molar-refractivity contribution in [1.82, 2.24) is 0 Å². The van der Waals surface area contributed by atoms with Gasteiger partial charge in [-0.25, -0.2) is 9.29 Å². The Bertz CT molecular complexity index is 798. The molecule has 2 aromatic rings. The maximum atomic E-state index is 13.3. The number of nitrogens with zero attached hydrogens (tertiary/aromatic N) is 1. The summed E-state index contributed by atoms with van der Waals surface area (Å²) in [5, 5.41) is 0. The van der Waals surface area contributed by atoms with Crippen molar-refractivity contribution in [2.24, 2.45) is 0 Å².